The molecule has 1 N–H and O–H groups in total. The second kappa shape index (κ2) is 10.1. The molecule has 10 nitrogen and oxygen atoms in total. The molecule has 0 spiro atoms. The van der Waals surface area contributed by atoms with Crippen LogP contribution < -0.4 is 5.43 Å². The van der Waals surface area contributed by atoms with Gasteiger partial charge in [0.25, 0.3) is 0 Å². The molecule has 1 atom stereocenters. The minimum atomic E-state index is -0.853. The summed E-state index contributed by atoms with van der Waals surface area (Å²) in [7, 11) is 0. The van der Waals surface area contributed by atoms with Crippen LogP contribution in [0.3, 0.4) is 0 Å². The van der Waals surface area contributed by atoms with Crippen molar-refractivity contribution in [3.05, 3.63) is 11.9 Å². The van der Waals surface area contributed by atoms with Crippen LogP contribution in [0, 0.1) is 5.92 Å². The third kappa shape index (κ3) is 6.65. The SMILES string of the molecule is CC(C)OC(=O)NN(C(=O)OC(C)C)/C(=C/N1CCOC1=O)CC1CCCC1=O. The zero-order valence-corrected chi connectivity index (χ0v) is 17.3. The molecule has 1 aliphatic heterocycles. The lowest BCUT2D eigenvalue weighted by molar-refractivity contribution is -0.120. The summed E-state index contributed by atoms with van der Waals surface area (Å²) in [4.78, 5) is 50.2. The maximum absolute atomic E-state index is 12.7. The van der Waals surface area contributed by atoms with E-state index in [2.05, 4.69) is 5.43 Å². The molecule has 0 aromatic rings. The van der Waals surface area contributed by atoms with Gasteiger partial charge < -0.3 is 14.2 Å². The van der Waals surface area contributed by atoms with E-state index in [0.717, 1.165) is 11.4 Å². The monoisotopic (exact) mass is 411 g/mol. The number of nitrogens with one attached hydrogen (secondary N) is 1. The standard InChI is InChI=1S/C19H29N3O7/c1-12(2)28-17(24)20-22(19(26)29-13(3)4)15(10-14-6-5-7-16(14)23)11-21-8-9-27-18(21)25/h11-14H,5-10H2,1-4H3,(H,20,24)/b15-11+. The lowest BCUT2D eigenvalue weighted by atomic mass is 10.0. The third-order valence-corrected chi connectivity index (χ3v) is 4.34. The van der Waals surface area contributed by atoms with Crippen molar-refractivity contribution in [2.24, 2.45) is 5.92 Å². The largest absolute Gasteiger partial charge is 0.447 e. The summed E-state index contributed by atoms with van der Waals surface area (Å²) in [6.07, 6.45) is 0.375. The zero-order valence-electron chi connectivity index (χ0n) is 17.3. The van der Waals surface area contributed by atoms with E-state index in [4.69, 9.17) is 14.2 Å². The fraction of sp³-hybridized carbons (Fsp3) is 0.684. The Hall–Kier alpha value is -2.78. The van der Waals surface area contributed by atoms with E-state index >= 15 is 0 Å². The van der Waals surface area contributed by atoms with Gasteiger partial charge in [-0.25, -0.2) is 19.8 Å². The van der Waals surface area contributed by atoms with Crippen LogP contribution >= 0.6 is 0 Å². The Morgan fingerprint density at radius 2 is 1.93 bits per heavy atom. The van der Waals surface area contributed by atoms with Gasteiger partial charge >= 0.3 is 18.3 Å². The molecule has 162 valence electrons. The van der Waals surface area contributed by atoms with Crippen molar-refractivity contribution in [2.45, 2.75) is 65.6 Å². The summed E-state index contributed by atoms with van der Waals surface area (Å²) in [6.45, 7) is 7.19. The number of nitrogens with zero attached hydrogens (tertiary/aromatic N) is 2. The number of carbonyl (C=O) groups excluding carboxylic acids is 4. The molecule has 2 aliphatic rings. The van der Waals surface area contributed by atoms with Crippen LogP contribution in [0.4, 0.5) is 14.4 Å². The van der Waals surface area contributed by atoms with E-state index in [-0.39, 0.29) is 30.4 Å². The van der Waals surface area contributed by atoms with Gasteiger partial charge in [-0.2, -0.15) is 5.01 Å². The van der Waals surface area contributed by atoms with Crippen LogP contribution in [0.25, 0.3) is 0 Å². The Labute approximate surface area is 170 Å². The number of rotatable bonds is 6. The fourth-order valence-electron chi connectivity index (χ4n) is 3.08. The van der Waals surface area contributed by atoms with Crippen molar-refractivity contribution in [2.75, 3.05) is 13.2 Å². The predicted octanol–water partition coefficient (Wildman–Crippen LogP) is 2.94. The van der Waals surface area contributed by atoms with Gasteiger partial charge in [-0.3, -0.25) is 9.69 Å². The molecule has 1 saturated carbocycles. The molecule has 0 aromatic carbocycles. The summed E-state index contributed by atoms with van der Waals surface area (Å²) < 4.78 is 15.2. The lowest BCUT2D eigenvalue weighted by Gasteiger charge is -2.28. The molecule has 1 aliphatic carbocycles. The number of cyclic esters (lactones) is 1. The van der Waals surface area contributed by atoms with Crippen molar-refractivity contribution in [3.63, 3.8) is 0 Å². The molecule has 2 rings (SSSR count). The number of hydrogen-bond acceptors (Lipinski definition) is 7. The van der Waals surface area contributed by atoms with Crippen LogP contribution in [0.15, 0.2) is 11.9 Å². The highest BCUT2D eigenvalue weighted by Crippen LogP contribution is 2.29. The van der Waals surface area contributed by atoms with Gasteiger partial charge in [-0.1, -0.05) is 0 Å². The first-order chi connectivity index (χ1) is 13.7. The summed E-state index contributed by atoms with van der Waals surface area (Å²) in [5.74, 6) is -0.223. The molecule has 10 heteroatoms. The van der Waals surface area contributed by atoms with Crippen molar-refractivity contribution in [3.8, 4) is 0 Å². The number of allylic oxidation sites excluding steroid dienone is 1. The molecule has 0 radical (unpaired) electrons. The summed E-state index contributed by atoms with van der Waals surface area (Å²) in [6, 6.07) is 0. The van der Waals surface area contributed by atoms with Crippen molar-refractivity contribution in [1.29, 1.82) is 0 Å². The van der Waals surface area contributed by atoms with Crippen LogP contribution in [-0.4, -0.2) is 59.3 Å². The minimum absolute atomic E-state index is 0.0850. The Kier molecular flexibility index (Phi) is 7.86. The average molecular weight is 411 g/mol. The van der Waals surface area contributed by atoms with Gasteiger partial charge in [0.1, 0.15) is 12.4 Å². The summed E-state index contributed by atoms with van der Waals surface area (Å²) >= 11 is 0. The molecule has 2 fully saturated rings. The smallest absolute Gasteiger partial charge is 0.433 e. The van der Waals surface area contributed by atoms with Gasteiger partial charge in [-0.05, 0) is 40.5 Å². The predicted molar refractivity (Wildman–Crippen MR) is 101 cm³/mol. The van der Waals surface area contributed by atoms with Crippen LogP contribution in [0.5, 0.6) is 0 Å². The molecule has 29 heavy (non-hydrogen) atoms. The molecule has 0 bridgehead atoms. The second-order valence-electron chi connectivity index (χ2n) is 7.52. The number of hydrazine groups is 1. The van der Waals surface area contributed by atoms with Crippen molar-refractivity contribution in [1.82, 2.24) is 15.3 Å². The third-order valence-electron chi connectivity index (χ3n) is 4.34. The highest BCUT2D eigenvalue weighted by Gasteiger charge is 2.32. The number of ether oxygens (including phenoxy) is 3. The minimum Gasteiger partial charge on any atom is -0.447 e. The molecular formula is C19H29N3O7. The lowest BCUT2D eigenvalue weighted by Crippen LogP contribution is -2.48. The summed E-state index contributed by atoms with van der Waals surface area (Å²) in [5.41, 5.74) is 2.62. The van der Waals surface area contributed by atoms with Crippen LogP contribution in [-0.2, 0) is 19.0 Å². The second-order valence-corrected chi connectivity index (χ2v) is 7.52. The molecular weight excluding hydrogens is 382 g/mol. The number of hydrogen-bond donors (Lipinski definition) is 1. The van der Waals surface area contributed by atoms with Gasteiger partial charge in [0, 0.05) is 25.0 Å². The van der Waals surface area contributed by atoms with E-state index in [1.54, 1.807) is 27.7 Å². The molecule has 1 unspecified atom stereocenters. The maximum atomic E-state index is 12.7. The Morgan fingerprint density at radius 3 is 2.45 bits per heavy atom. The summed E-state index contributed by atoms with van der Waals surface area (Å²) in [5, 5.41) is 0.905. The number of carbonyl (C=O) groups is 4. The molecule has 3 amide bonds. The first-order valence-corrected chi connectivity index (χ1v) is 9.82. The van der Waals surface area contributed by atoms with E-state index < -0.39 is 30.5 Å². The molecule has 0 aromatic heterocycles. The number of ketones is 1. The van der Waals surface area contributed by atoms with Gasteiger partial charge in [0.15, 0.2) is 0 Å². The normalized spacial score (nSPS) is 19.6. The van der Waals surface area contributed by atoms with Gasteiger partial charge in [0.2, 0.25) is 0 Å². The first-order valence-electron chi connectivity index (χ1n) is 9.82. The van der Waals surface area contributed by atoms with Gasteiger partial charge in [-0.15, -0.1) is 0 Å². The topological polar surface area (TPSA) is 114 Å². The fourth-order valence-corrected chi connectivity index (χ4v) is 3.08. The van der Waals surface area contributed by atoms with Gasteiger partial charge in [0.05, 0.1) is 24.4 Å². The van der Waals surface area contributed by atoms with Crippen molar-refractivity contribution >= 4 is 24.1 Å². The molecule has 1 saturated heterocycles. The maximum Gasteiger partial charge on any atom is 0.433 e. The number of Topliss-reactive ketones (excluding diaryl/α,β-unsaturated/α-hetero) is 1. The Bertz CT molecular complexity index is 675. The Morgan fingerprint density at radius 1 is 1.24 bits per heavy atom. The van der Waals surface area contributed by atoms with E-state index in [1.165, 1.54) is 11.1 Å². The Balaban J connectivity index is 2.33. The van der Waals surface area contributed by atoms with Crippen molar-refractivity contribution < 1.29 is 33.4 Å². The van der Waals surface area contributed by atoms with E-state index in [1.807, 2.05) is 0 Å². The quantitative estimate of drug-likeness (QED) is 0.528. The first kappa shape index (κ1) is 22.5. The molecule has 1 heterocycles. The zero-order chi connectivity index (χ0) is 21.6. The van der Waals surface area contributed by atoms with E-state index in [9.17, 15) is 19.2 Å². The van der Waals surface area contributed by atoms with E-state index in [0.29, 0.717) is 19.4 Å². The average Bonchev–Trinajstić information content (AvgIpc) is 3.19. The van der Waals surface area contributed by atoms with Crippen LogP contribution in [0.1, 0.15) is 53.4 Å². The number of amides is 3. The highest BCUT2D eigenvalue weighted by molar-refractivity contribution is 5.83. The highest BCUT2D eigenvalue weighted by atomic mass is 16.6. The van der Waals surface area contributed by atoms with Crippen LogP contribution in [0.2, 0.25) is 0 Å².